The second-order valence-corrected chi connectivity index (χ2v) is 7.74. The molecular weight excluding hydrogens is 320 g/mol. The van der Waals surface area contributed by atoms with Gasteiger partial charge in [0.25, 0.3) is 0 Å². The minimum atomic E-state index is -0.263. The SMILES string of the molecule is CCCCCC(=O)OC1C=Cc2c(CCC(C)C)ccc3cccc1c23. The molecule has 26 heavy (non-hydrogen) atoms. The summed E-state index contributed by atoms with van der Waals surface area (Å²) in [6.45, 7) is 6.67. The number of ether oxygens (including phenoxy) is 1. The maximum absolute atomic E-state index is 12.2. The van der Waals surface area contributed by atoms with Gasteiger partial charge in [0.15, 0.2) is 0 Å². The van der Waals surface area contributed by atoms with Crippen LogP contribution in [0.4, 0.5) is 0 Å². The van der Waals surface area contributed by atoms with Crippen LogP contribution >= 0.6 is 0 Å². The molecule has 0 heterocycles. The first-order valence-electron chi connectivity index (χ1n) is 10.0. The van der Waals surface area contributed by atoms with Crippen molar-refractivity contribution in [3.05, 3.63) is 53.1 Å². The zero-order chi connectivity index (χ0) is 18.5. The van der Waals surface area contributed by atoms with E-state index in [0.29, 0.717) is 12.3 Å². The molecule has 138 valence electrons. The van der Waals surface area contributed by atoms with E-state index in [-0.39, 0.29) is 12.1 Å². The molecule has 1 aliphatic carbocycles. The minimum absolute atomic E-state index is 0.0930. The fourth-order valence-electron chi connectivity index (χ4n) is 3.68. The van der Waals surface area contributed by atoms with Gasteiger partial charge >= 0.3 is 5.97 Å². The zero-order valence-corrected chi connectivity index (χ0v) is 16.3. The van der Waals surface area contributed by atoms with Crippen molar-refractivity contribution in [1.29, 1.82) is 0 Å². The number of esters is 1. The van der Waals surface area contributed by atoms with Crippen LogP contribution in [-0.2, 0) is 16.0 Å². The molecule has 2 aromatic rings. The molecule has 0 fully saturated rings. The summed E-state index contributed by atoms with van der Waals surface area (Å²) in [5.74, 6) is 0.599. The first-order chi connectivity index (χ1) is 12.6. The van der Waals surface area contributed by atoms with Crippen molar-refractivity contribution in [2.45, 2.75) is 65.4 Å². The third-order valence-electron chi connectivity index (χ3n) is 5.19. The van der Waals surface area contributed by atoms with Gasteiger partial charge in [0, 0.05) is 12.0 Å². The average molecular weight is 351 g/mol. The number of carbonyl (C=O) groups excluding carboxylic acids is 1. The molecule has 0 aliphatic heterocycles. The summed E-state index contributed by atoms with van der Waals surface area (Å²) in [6, 6.07) is 10.8. The van der Waals surface area contributed by atoms with Crippen LogP contribution in [0.1, 0.15) is 75.7 Å². The van der Waals surface area contributed by atoms with E-state index in [4.69, 9.17) is 4.74 Å². The van der Waals surface area contributed by atoms with Crippen LogP contribution < -0.4 is 0 Å². The maximum atomic E-state index is 12.2. The molecule has 1 unspecified atom stereocenters. The lowest BCUT2D eigenvalue weighted by atomic mass is 9.86. The largest absolute Gasteiger partial charge is 0.453 e. The Balaban J connectivity index is 1.86. The van der Waals surface area contributed by atoms with E-state index in [0.717, 1.165) is 31.2 Å². The highest BCUT2D eigenvalue weighted by atomic mass is 16.5. The lowest BCUT2D eigenvalue weighted by molar-refractivity contribution is -0.147. The van der Waals surface area contributed by atoms with Gasteiger partial charge in [-0.15, -0.1) is 0 Å². The van der Waals surface area contributed by atoms with E-state index in [1.54, 1.807) is 0 Å². The Bertz CT molecular complexity index is 801. The highest BCUT2D eigenvalue weighted by Crippen LogP contribution is 2.37. The zero-order valence-electron chi connectivity index (χ0n) is 16.3. The predicted octanol–water partition coefficient (Wildman–Crippen LogP) is 6.62. The molecule has 1 atom stereocenters. The highest BCUT2D eigenvalue weighted by molar-refractivity contribution is 5.97. The quantitative estimate of drug-likeness (QED) is 0.395. The Kier molecular flexibility index (Phi) is 6.13. The Labute approximate surface area is 157 Å². The van der Waals surface area contributed by atoms with Crippen LogP contribution in [0, 0.1) is 5.92 Å². The van der Waals surface area contributed by atoms with E-state index < -0.39 is 0 Å². The van der Waals surface area contributed by atoms with Crippen LogP contribution in [0.15, 0.2) is 36.4 Å². The third-order valence-corrected chi connectivity index (χ3v) is 5.19. The molecule has 2 nitrogen and oxygen atoms in total. The van der Waals surface area contributed by atoms with Crippen LogP contribution in [0.3, 0.4) is 0 Å². The van der Waals surface area contributed by atoms with Gasteiger partial charge in [-0.2, -0.15) is 0 Å². The molecule has 0 spiro atoms. The molecule has 0 aromatic heterocycles. The van der Waals surface area contributed by atoms with Gasteiger partial charge in [0.1, 0.15) is 6.10 Å². The number of unbranched alkanes of at least 4 members (excludes halogenated alkanes) is 2. The van der Waals surface area contributed by atoms with Gasteiger partial charge in [0.2, 0.25) is 0 Å². The molecule has 3 rings (SSSR count). The minimum Gasteiger partial charge on any atom is -0.453 e. The lowest BCUT2D eigenvalue weighted by Crippen LogP contribution is -2.12. The number of rotatable bonds is 8. The van der Waals surface area contributed by atoms with Gasteiger partial charge in [-0.3, -0.25) is 4.79 Å². The fourth-order valence-corrected chi connectivity index (χ4v) is 3.68. The maximum Gasteiger partial charge on any atom is 0.306 e. The van der Waals surface area contributed by atoms with Crippen LogP contribution in [0.25, 0.3) is 16.8 Å². The summed E-state index contributed by atoms with van der Waals surface area (Å²) in [4.78, 5) is 12.2. The Morgan fingerprint density at radius 2 is 2.00 bits per heavy atom. The number of aryl methyl sites for hydroxylation is 1. The van der Waals surface area contributed by atoms with E-state index in [1.807, 2.05) is 6.08 Å². The number of benzene rings is 2. The number of hydrogen-bond donors (Lipinski definition) is 0. The summed E-state index contributed by atoms with van der Waals surface area (Å²) >= 11 is 0. The van der Waals surface area contributed by atoms with E-state index >= 15 is 0 Å². The Hall–Kier alpha value is -2.09. The molecular formula is C24H30O2. The van der Waals surface area contributed by atoms with Crippen molar-refractivity contribution in [3.8, 4) is 0 Å². The van der Waals surface area contributed by atoms with Crippen molar-refractivity contribution in [1.82, 2.24) is 0 Å². The van der Waals surface area contributed by atoms with E-state index in [2.05, 4.69) is 57.2 Å². The first kappa shape index (κ1) is 18.7. The fraction of sp³-hybridized carbons (Fsp3) is 0.458. The molecule has 0 radical (unpaired) electrons. The highest BCUT2D eigenvalue weighted by Gasteiger charge is 2.22. The molecule has 1 aliphatic rings. The normalized spacial score (nSPS) is 15.6. The van der Waals surface area contributed by atoms with E-state index in [9.17, 15) is 4.79 Å². The third kappa shape index (κ3) is 4.17. The molecule has 2 aromatic carbocycles. The Morgan fingerprint density at radius 1 is 1.15 bits per heavy atom. The van der Waals surface area contributed by atoms with Crippen LogP contribution in [0.5, 0.6) is 0 Å². The summed E-state index contributed by atoms with van der Waals surface area (Å²) in [5.41, 5.74) is 3.81. The topological polar surface area (TPSA) is 26.3 Å². The smallest absolute Gasteiger partial charge is 0.306 e. The summed E-state index contributed by atoms with van der Waals surface area (Å²) in [6.07, 6.45) is 9.83. The first-order valence-corrected chi connectivity index (χ1v) is 10.0. The van der Waals surface area contributed by atoms with Gasteiger partial charge in [-0.05, 0) is 53.2 Å². The van der Waals surface area contributed by atoms with Crippen molar-refractivity contribution in [2.24, 2.45) is 5.92 Å². The van der Waals surface area contributed by atoms with Crippen LogP contribution in [0.2, 0.25) is 0 Å². The monoisotopic (exact) mass is 350 g/mol. The molecule has 2 heteroatoms. The van der Waals surface area contributed by atoms with Gasteiger partial charge in [0.05, 0.1) is 0 Å². The van der Waals surface area contributed by atoms with Gasteiger partial charge < -0.3 is 4.74 Å². The van der Waals surface area contributed by atoms with Crippen molar-refractivity contribution < 1.29 is 9.53 Å². The molecule has 0 bridgehead atoms. The average Bonchev–Trinajstić information content (AvgIpc) is 2.63. The number of carbonyl (C=O) groups is 1. The molecule has 0 saturated heterocycles. The second kappa shape index (κ2) is 8.53. The second-order valence-electron chi connectivity index (χ2n) is 7.74. The van der Waals surface area contributed by atoms with Gasteiger partial charge in [-0.25, -0.2) is 0 Å². The standard InChI is InChI=1S/C24H30O2/c1-4-5-6-10-23(25)26-22-16-15-20-18(12-11-17(2)3)13-14-19-8-7-9-21(22)24(19)20/h7-9,13-17,22H,4-6,10-12H2,1-3H3. The molecule has 0 saturated carbocycles. The van der Waals surface area contributed by atoms with Crippen molar-refractivity contribution in [2.75, 3.05) is 0 Å². The predicted molar refractivity (Wildman–Crippen MR) is 109 cm³/mol. The summed E-state index contributed by atoms with van der Waals surface area (Å²) < 4.78 is 5.80. The summed E-state index contributed by atoms with van der Waals surface area (Å²) in [7, 11) is 0. The number of hydrogen-bond acceptors (Lipinski definition) is 2. The molecule has 0 amide bonds. The van der Waals surface area contributed by atoms with Crippen molar-refractivity contribution >= 4 is 22.8 Å². The lowest BCUT2D eigenvalue weighted by Gasteiger charge is -2.23. The molecule has 0 N–H and O–H groups in total. The summed E-state index contributed by atoms with van der Waals surface area (Å²) in [5, 5.41) is 2.48. The van der Waals surface area contributed by atoms with Gasteiger partial charge in [-0.1, -0.05) is 70.0 Å². The Morgan fingerprint density at radius 3 is 2.77 bits per heavy atom. The van der Waals surface area contributed by atoms with Crippen molar-refractivity contribution in [3.63, 3.8) is 0 Å². The van der Waals surface area contributed by atoms with Crippen LogP contribution in [-0.4, -0.2) is 5.97 Å². The van der Waals surface area contributed by atoms with E-state index in [1.165, 1.54) is 28.3 Å².